The summed E-state index contributed by atoms with van der Waals surface area (Å²) in [6, 6.07) is 0. The Morgan fingerprint density at radius 2 is 2.06 bits per heavy atom. The fourth-order valence-electron chi connectivity index (χ4n) is 3.49. The summed E-state index contributed by atoms with van der Waals surface area (Å²) in [6.07, 6.45) is 4.32. The zero-order chi connectivity index (χ0) is 23.6. The van der Waals surface area contributed by atoms with Crippen molar-refractivity contribution < 1.29 is 28.2 Å². The van der Waals surface area contributed by atoms with Crippen molar-refractivity contribution in [3.8, 4) is 5.75 Å². The third-order valence-electron chi connectivity index (χ3n) is 5.37. The van der Waals surface area contributed by atoms with Crippen molar-refractivity contribution in [1.29, 1.82) is 0 Å². The number of nitrogens with one attached hydrogen (secondary N) is 1. The minimum absolute atomic E-state index is 0.0540. The van der Waals surface area contributed by atoms with Gasteiger partial charge in [-0.1, -0.05) is 12.7 Å². The predicted octanol–water partition coefficient (Wildman–Crippen LogP) is 0.877. The Balaban J connectivity index is 1.95. The van der Waals surface area contributed by atoms with Crippen molar-refractivity contribution in [1.82, 2.24) is 19.9 Å². The summed E-state index contributed by atoms with van der Waals surface area (Å²) < 4.78 is 33.1. The van der Waals surface area contributed by atoms with Gasteiger partial charge >= 0.3 is 0 Å². The first-order valence-electron chi connectivity index (χ1n) is 9.73. The smallest absolute Gasteiger partial charge is 0.288 e. The van der Waals surface area contributed by atoms with E-state index in [9.17, 15) is 28.3 Å². The molecule has 11 heteroatoms. The number of carbonyl (C=O) groups excluding carboxylic acids is 2. The van der Waals surface area contributed by atoms with E-state index in [1.54, 1.807) is 19.1 Å². The molecule has 1 aromatic heterocycles. The van der Waals surface area contributed by atoms with E-state index >= 15 is 0 Å². The number of aromatic nitrogens is 1. The number of hydrogen-bond donors (Lipinski definition) is 2. The minimum Gasteiger partial charge on any atom is -0.503 e. The second-order valence-corrected chi connectivity index (χ2v) is 7.76. The van der Waals surface area contributed by atoms with E-state index in [0.717, 1.165) is 18.2 Å². The van der Waals surface area contributed by atoms with Gasteiger partial charge in [-0.2, -0.15) is 0 Å². The number of aromatic hydroxyl groups is 1. The van der Waals surface area contributed by atoms with Crippen molar-refractivity contribution in [2.75, 3.05) is 47.1 Å². The van der Waals surface area contributed by atoms with E-state index in [1.165, 1.54) is 15.8 Å². The van der Waals surface area contributed by atoms with Crippen molar-refractivity contribution in [2.45, 2.75) is 5.54 Å². The molecule has 2 amide bonds. The number of nitrogens with zero attached hydrogens (tertiary/aromatic N) is 3. The Morgan fingerprint density at radius 3 is 2.59 bits per heavy atom. The van der Waals surface area contributed by atoms with Crippen LogP contribution in [0, 0.1) is 0 Å². The number of allylic oxidation sites excluding steroid dienone is 4. The maximum absolute atomic E-state index is 13.2. The van der Waals surface area contributed by atoms with Gasteiger partial charge in [-0.3, -0.25) is 19.4 Å². The fraction of sp³-hybridized carbons (Fsp3) is 0.381. The molecule has 1 fully saturated rings. The molecule has 32 heavy (non-hydrogen) atoms. The van der Waals surface area contributed by atoms with Crippen molar-refractivity contribution in [3.63, 3.8) is 0 Å². The van der Waals surface area contributed by atoms with Gasteiger partial charge in [0.25, 0.3) is 11.8 Å². The van der Waals surface area contributed by atoms with Crippen LogP contribution in [0.5, 0.6) is 5.75 Å². The van der Waals surface area contributed by atoms with Crippen LogP contribution in [0.2, 0.25) is 0 Å². The third kappa shape index (κ3) is 4.08. The molecule has 9 nitrogen and oxygen atoms in total. The van der Waals surface area contributed by atoms with Crippen LogP contribution in [0.3, 0.4) is 0 Å². The van der Waals surface area contributed by atoms with Gasteiger partial charge in [0.05, 0.1) is 19.8 Å². The number of pyridine rings is 1. The van der Waals surface area contributed by atoms with Crippen LogP contribution in [0.15, 0.2) is 47.2 Å². The summed E-state index contributed by atoms with van der Waals surface area (Å²) in [6.45, 7) is 2.66. The summed E-state index contributed by atoms with van der Waals surface area (Å²) in [5, 5.41) is 15.9. The molecule has 2 aliphatic heterocycles. The van der Waals surface area contributed by atoms with E-state index in [-0.39, 0.29) is 37.6 Å². The van der Waals surface area contributed by atoms with Crippen molar-refractivity contribution >= 4 is 11.8 Å². The fourth-order valence-corrected chi connectivity index (χ4v) is 3.49. The number of halogens is 2. The Labute approximate surface area is 182 Å². The van der Waals surface area contributed by atoms with Gasteiger partial charge in [0.15, 0.2) is 11.4 Å². The topological polar surface area (TPSA) is 104 Å². The third-order valence-corrected chi connectivity index (χ3v) is 5.37. The maximum Gasteiger partial charge on any atom is 0.288 e. The molecule has 1 spiro atoms. The standard InChI is InChI=1S/C21H24F2N4O5/c1-4-14(23)6-5-13(7-22)8-24-19(30)15-9-26-16(18(29)17(15)28)20(31)27(25(2)3)10-21(26)11-32-12-21/h4-6,9,29H,1,7-8,10-12H2,2-3H3,(H,24,30)/b13-5+,14-6+. The average Bonchev–Trinajstić information content (AvgIpc) is 2.74. The molecule has 2 N–H and O–H groups in total. The average molecular weight is 450 g/mol. The molecule has 3 heterocycles. The Bertz CT molecular complexity index is 1070. The van der Waals surface area contributed by atoms with Gasteiger partial charge in [0.2, 0.25) is 5.43 Å². The summed E-state index contributed by atoms with van der Waals surface area (Å²) in [7, 11) is 3.31. The molecule has 1 aromatic rings. The van der Waals surface area contributed by atoms with E-state index in [0.29, 0.717) is 0 Å². The highest BCUT2D eigenvalue weighted by Crippen LogP contribution is 2.36. The van der Waals surface area contributed by atoms with Crippen LogP contribution in [0.25, 0.3) is 0 Å². The zero-order valence-electron chi connectivity index (χ0n) is 17.7. The summed E-state index contributed by atoms with van der Waals surface area (Å²) in [5.74, 6) is -2.99. The number of amides is 2. The SMILES string of the molecule is C=C/C(F)=C\C=C(/CF)CNC(=O)c1cn2c(c(O)c1=O)C(=O)N(N(C)C)CC21COC1. The highest BCUT2D eigenvalue weighted by Gasteiger charge is 2.50. The molecule has 3 rings (SSSR count). The number of rotatable bonds is 7. The summed E-state index contributed by atoms with van der Waals surface area (Å²) in [4.78, 5) is 38.2. The largest absolute Gasteiger partial charge is 0.503 e. The second kappa shape index (κ2) is 9.05. The lowest BCUT2D eigenvalue weighted by Crippen LogP contribution is -2.66. The van der Waals surface area contributed by atoms with Crippen molar-refractivity contribution in [2.24, 2.45) is 0 Å². The molecule has 0 unspecified atom stereocenters. The van der Waals surface area contributed by atoms with Crippen LogP contribution in [0.1, 0.15) is 20.8 Å². The monoisotopic (exact) mass is 450 g/mol. The van der Waals surface area contributed by atoms with Crippen LogP contribution in [-0.4, -0.2) is 78.6 Å². The molecule has 0 saturated carbocycles. The number of carbonyl (C=O) groups is 2. The first kappa shape index (κ1) is 23.4. The Morgan fingerprint density at radius 1 is 1.38 bits per heavy atom. The molecular formula is C21H24F2N4O5. The molecule has 0 aromatic carbocycles. The van der Waals surface area contributed by atoms with Crippen LogP contribution < -0.4 is 10.7 Å². The van der Waals surface area contributed by atoms with E-state index in [2.05, 4.69) is 11.9 Å². The second-order valence-electron chi connectivity index (χ2n) is 7.76. The van der Waals surface area contributed by atoms with Gasteiger partial charge < -0.3 is 19.7 Å². The quantitative estimate of drug-likeness (QED) is 0.598. The van der Waals surface area contributed by atoms with Gasteiger partial charge in [-0.05, 0) is 17.7 Å². The molecular weight excluding hydrogens is 426 g/mol. The highest BCUT2D eigenvalue weighted by atomic mass is 19.1. The zero-order valence-corrected chi connectivity index (χ0v) is 17.7. The first-order valence-corrected chi connectivity index (χ1v) is 9.73. The maximum atomic E-state index is 13.2. The van der Waals surface area contributed by atoms with E-state index in [1.807, 2.05) is 0 Å². The van der Waals surface area contributed by atoms with Gasteiger partial charge in [0, 0.05) is 26.8 Å². The number of ether oxygens (including phenoxy) is 1. The molecule has 2 aliphatic rings. The molecule has 0 aliphatic carbocycles. The normalized spacial score (nSPS) is 17.9. The molecule has 0 radical (unpaired) electrons. The van der Waals surface area contributed by atoms with E-state index < -0.39 is 46.6 Å². The molecule has 172 valence electrons. The summed E-state index contributed by atoms with van der Waals surface area (Å²) >= 11 is 0. The predicted molar refractivity (Wildman–Crippen MR) is 112 cm³/mol. The lowest BCUT2D eigenvalue weighted by atomic mass is 9.92. The van der Waals surface area contributed by atoms with Gasteiger partial charge in [-0.15, -0.1) is 0 Å². The highest BCUT2D eigenvalue weighted by molar-refractivity contribution is 5.99. The van der Waals surface area contributed by atoms with Crippen LogP contribution in [0.4, 0.5) is 8.78 Å². The molecule has 0 atom stereocenters. The Kier molecular flexibility index (Phi) is 6.60. The lowest BCUT2D eigenvalue weighted by Gasteiger charge is -2.51. The van der Waals surface area contributed by atoms with Gasteiger partial charge in [0.1, 0.15) is 23.6 Å². The lowest BCUT2D eigenvalue weighted by molar-refractivity contribution is -0.138. The first-order chi connectivity index (χ1) is 15.1. The van der Waals surface area contributed by atoms with Crippen LogP contribution >= 0.6 is 0 Å². The minimum atomic E-state index is -1.03. The van der Waals surface area contributed by atoms with Crippen LogP contribution in [-0.2, 0) is 10.3 Å². The molecule has 0 bridgehead atoms. The number of hydrazine groups is 1. The van der Waals surface area contributed by atoms with E-state index in [4.69, 9.17) is 4.74 Å². The van der Waals surface area contributed by atoms with Gasteiger partial charge in [-0.25, -0.2) is 13.8 Å². The number of alkyl halides is 1. The van der Waals surface area contributed by atoms with Crippen molar-refractivity contribution in [3.05, 3.63) is 63.9 Å². The summed E-state index contributed by atoms with van der Waals surface area (Å²) in [5.41, 5.74) is -2.36. The Hall–Kier alpha value is -3.31. The molecule has 1 saturated heterocycles. The number of fused-ring (bicyclic) bond motifs is 2. The number of hydrogen-bond acceptors (Lipinski definition) is 6.